The minimum Gasteiger partial charge on any atom is -0.384 e. The zero-order valence-electron chi connectivity index (χ0n) is 16.3. The molecule has 0 aliphatic heterocycles. The molecule has 0 saturated heterocycles. The maximum absolute atomic E-state index is 12.3. The minimum atomic E-state index is 0.106. The van der Waals surface area contributed by atoms with Crippen LogP contribution in [0.2, 0.25) is 0 Å². The number of rotatable bonds is 8. The first-order valence-corrected chi connectivity index (χ1v) is 8.75. The first-order valence-electron chi connectivity index (χ1n) is 8.75. The average Bonchev–Trinajstić information content (AvgIpc) is 2.53. The zero-order valence-corrected chi connectivity index (χ0v) is 16.3. The predicted octanol–water partition coefficient (Wildman–Crippen LogP) is 4.85. The molecule has 0 aromatic rings. The first-order chi connectivity index (χ1) is 9.97. The molecule has 0 saturated carbocycles. The van der Waals surface area contributed by atoms with Crippen molar-refractivity contribution in [1.29, 1.82) is 0 Å². The van der Waals surface area contributed by atoms with E-state index in [-0.39, 0.29) is 11.8 Å². The molecule has 130 valence electrons. The second-order valence-corrected chi connectivity index (χ2v) is 5.14. The van der Waals surface area contributed by atoms with Gasteiger partial charge in [0.2, 0.25) is 5.91 Å². The smallest absolute Gasteiger partial charge is 0.225 e. The number of methoxy groups -OCH3 is 1. The first kappa shape index (κ1) is 25.4. The minimum absolute atomic E-state index is 0.106. The average molecular weight is 304 g/mol. The van der Waals surface area contributed by atoms with Crippen LogP contribution in [0.5, 0.6) is 0 Å². The zero-order chi connectivity index (χ0) is 17.4. The molecule has 0 heterocycles. The fourth-order valence-electron chi connectivity index (χ4n) is 1.80. The van der Waals surface area contributed by atoms with Crippen molar-refractivity contribution in [3.8, 4) is 0 Å². The van der Waals surface area contributed by atoms with E-state index in [1.807, 2.05) is 46.4 Å². The summed E-state index contributed by atoms with van der Waals surface area (Å²) >= 11 is 0. The molecule has 0 radical (unpaired) electrons. The molecule has 2 unspecified atom stereocenters. The third-order valence-corrected chi connectivity index (χ3v) is 3.54. The molecule has 1 amide bonds. The van der Waals surface area contributed by atoms with Crippen LogP contribution in [0.1, 0.15) is 68.7 Å². The van der Waals surface area contributed by atoms with E-state index in [1.165, 1.54) is 0 Å². The number of hydrogen-bond acceptors (Lipinski definition) is 2. The third kappa shape index (κ3) is 11.7. The largest absolute Gasteiger partial charge is 0.384 e. The van der Waals surface area contributed by atoms with Crippen LogP contribution in [-0.4, -0.2) is 37.6 Å². The molecule has 0 bridgehead atoms. The molecule has 0 aliphatic rings. The van der Waals surface area contributed by atoms with Crippen molar-refractivity contribution >= 4 is 5.91 Å². The van der Waals surface area contributed by atoms with E-state index in [2.05, 4.69) is 20.8 Å². The van der Waals surface area contributed by atoms with Gasteiger partial charge in [-0.15, -0.1) is 0 Å². The Bertz CT molecular complexity index is 217. The van der Waals surface area contributed by atoms with Crippen molar-refractivity contribution in [3.63, 3.8) is 0 Å². The lowest BCUT2D eigenvalue weighted by molar-refractivity contribution is -0.137. The van der Waals surface area contributed by atoms with E-state index in [9.17, 15) is 4.79 Å². The summed E-state index contributed by atoms with van der Waals surface area (Å²) in [7, 11) is 1.72. The standard InChI is InChI=1S/C14H29NO2.2C2H6/c1-7-13(10-17-6)9-15(8-2)14(16)12(5)11(3)4;2*1-2/h11-13H,7-10H2,1-6H3;2*1-2H3. The Morgan fingerprint density at radius 3 is 1.81 bits per heavy atom. The summed E-state index contributed by atoms with van der Waals surface area (Å²) in [5, 5.41) is 0. The second kappa shape index (κ2) is 17.5. The van der Waals surface area contributed by atoms with Crippen molar-refractivity contribution < 1.29 is 9.53 Å². The Morgan fingerprint density at radius 1 is 1.05 bits per heavy atom. The molecule has 0 fully saturated rings. The molecule has 3 nitrogen and oxygen atoms in total. The Morgan fingerprint density at radius 2 is 1.52 bits per heavy atom. The van der Waals surface area contributed by atoms with Gasteiger partial charge >= 0.3 is 0 Å². The summed E-state index contributed by atoms with van der Waals surface area (Å²) < 4.78 is 5.19. The Kier molecular flexibility index (Phi) is 21.1. The van der Waals surface area contributed by atoms with E-state index in [0.717, 1.165) is 26.1 Å². The van der Waals surface area contributed by atoms with Crippen molar-refractivity contribution in [2.45, 2.75) is 68.7 Å². The van der Waals surface area contributed by atoms with Crippen LogP contribution < -0.4 is 0 Å². The number of ether oxygens (including phenoxy) is 1. The lowest BCUT2D eigenvalue weighted by Gasteiger charge is -2.29. The number of amides is 1. The van der Waals surface area contributed by atoms with Gasteiger partial charge in [-0.25, -0.2) is 0 Å². The summed E-state index contributed by atoms with van der Waals surface area (Å²) in [5.41, 5.74) is 0. The van der Waals surface area contributed by atoms with Gasteiger partial charge in [-0.05, 0) is 25.2 Å². The summed E-state index contributed by atoms with van der Waals surface area (Å²) in [6.45, 7) is 20.8. The molecule has 0 rings (SSSR count). The maximum Gasteiger partial charge on any atom is 0.225 e. The summed E-state index contributed by atoms with van der Waals surface area (Å²) in [6, 6.07) is 0. The van der Waals surface area contributed by atoms with Crippen molar-refractivity contribution in [2.24, 2.45) is 17.8 Å². The Balaban J connectivity index is -0.000000739. The molecule has 3 heteroatoms. The molecule has 0 aromatic heterocycles. The van der Waals surface area contributed by atoms with Gasteiger partial charge in [0.05, 0.1) is 6.61 Å². The highest BCUT2D eigenvalue weighted by molar-refractivity contribution is 5.78. The summed E-state index contributed by atoms with van der Waals surface area (Å²) in [5.74, 6) is 1.23. The maximum atomic E-state index is 12.3. The number of hydrogen-bond donors (Lipinski definition) is 0. The van der Waals surface area contributed by atoms with E-state index < -0.39 is 0 Å². The van der Waals surface area contributed by atoms with Crippen LogP contribution in [-0.2, 0) is 9.53 Å². The lowest BCUT2D eigenvalue weighted by Crippen LogP contribution is -2.40. The quantitative estimate of drug-likeness (QED) is 0.641. The molecule has 0 N–H and O–H groups in total. The van der Waals surface area contributed by atoms with Crippen LogP contribution in [0, 0.1) is 17.8 Å². The van der Waals surface area contributed by atoms with Gasteiger partial charge in [0.25, 0.3) is 0 Å². The van der Waals surface area contributed by atoms with Gasteiger partial charge < -0.3 is 9.64 Å². The Hall–Kier alpha value is -0.570. The van der Waals surface area contributed by atoms with Crippen LogP contribution in [0.25, 0.3) is 0 Å². The van der Waals surface area contributed by atoms with Crippen LogP contribution >= 0.6 is 0 Å². The fraction of sp³-hybridized carbons (Fsp3) is 0.944. The van der Waals surface area contributed by atoms with Gasteiger partial charge in [0.1, 0.15) is 0 Å². The van der Waals surface area contributed by atoms with Gasteiger partial charge in [-0.3, -0.25) is 4.79 Å². The monoisotopic (exact) mass is 303 g/mol. The fourth-order valence-corrected chi connectivity index (χ4v) is 1.80. The number of carbonyl (C=O) groups is 1. The van der Waals surface area contributed by atoms with Gasteiger partial charge in [0, 0.05) is 26.1 Å². The molecule has 0 aromatic carbocycles. The van der Waals surface area contributed by atoms with E-state index in [4.69, 9.17) is 4.74 Å². The third-order valence-electron chi connectivity index (χ3n) is 3.54. The van der Waals surface area contributed by atoms with Gasteiger partial charge in [-0.1, -0.05) is 55.4 Å². The topological polar surface area (TPSA) is 29.5 Å². The number of nitrogens with zero attached hydrogens (tertiary/aromatic N) is 1. The van der Waals surface area contributed by atoms with Gasteiger partial charge in [-0.2, -0.15) is 0 Å². The molecule has 2 atom stereocenters. The van der Waals surface area contributed by atoms with Crippen LogP contribution in [0.15, 0.2) is 0 Å². The van der Waals surface area contributed by atoms with E-state index >= 15 is 0 Å². The highest BCUT2D eigenvalue weighted by Gasteiger charge is 2.23. The Labute approximate surface area is 134 Å². The van der Waals surface area contributed by atoms with E-state index in [0.29, 0.717) is 11.8 Å². The number of carbonyl (C=O) groups excluding carboxylic acids is 1. The molecule has 0 aliphatic carbocycles. The highest BCUT2D eigenvalue weighted by Crippen LogP contribution is 2.15. The lowest BCUT2D eigenvalue weighted by atomic mass is 9.96. The summed E-state index contributed by atoms with van der Waals surface area (Å²) in [6.07, 6.45) is 1.05. The van der Waals surface area contributed by atoms with Crippen LogP contribution in [0.4, 0.5) is 0 Å². The predicted molar refractivity (Wildman–Crippen MR) is 94.6 cm³/mol. The van der Waals surface area contributed by atoms with E-state index in [1.54, 1.807) is 7.11 Å². The molecular weight excluding hydrogens is 262 g/mol. The molecule has 21 heavy (non-hydrogen) atoms. The van der Waals surface area contributed by atoms with Crippen molar-refractivity contribution in [1.82, 2.24) is 4.90 Å². The molecular formula is C18H41NO2. The van der Waals surface area contributed by atoms with Crippen molar-refractivity contribution in [2.75, 3.05) is 26.8 Å². The van der Waals surface area contributed by atoms with Gasteiger partial charge in [0.15, 0.2) is 0 Å². The summed E-state index contributed by atoms with van der Waals surface area (Å²) in [4.78, 5) is 14.2. The normalized spacial score (nSPS) is 12.5. The molecule has 0 spiro atoms. The van der Waals surface area contributed by atoms with Crippen LogP contribution in [0.3, 0.4) is 0 Å². The van der Waals surface area contributed by atoms with Crippen molar-refractivity contribution in [3.05, 3.63) is 0 Å². The highest BCUT2D eigenvalue weighted by atomic mass is 16.5. The second-order valence-electron chi connectivity index (χ2n) is 5.14. The SMILES string of the molecule is CC.CC.CCC(COC)CN(CC)C(=O)C(C)C(C)C.